The van der Waals surface area contributed by atoms with Crippen LogP contribution in [0.15, 0.2) is 42.5 Å². The molecule has 0 unspecified atom stereocenters. The zero-order valence-electron chi connectivity index (χ0n) is 15.0. The molecule has 0 N–H and O–H groups in total. The molecular formula is C21H25FN2O. The van der Waals surface area contributed by atoms with Gasteiger partial charge in [0.2, 0.25) is 5.91 Å². The molecule has 2 aromatic rings. The number of carbonyl (C=O) groups excluding carboxylic acids is 1. The summed E-state index contributed by atoms with van der Waals surface area (Å²) in [5.74, 6) is 0.000824. The van der Waals surface area contributed by atoms with Crippen LogP contribution in [0.1, 0.15) is 23.1 Å². The highest BCUT2D eigenvalue weighted by molar-refractivity contribution is 5.76. The quantitative estimate of drug-likeness (QED) is 0.847. The zero-order valence-corrected chi connectivity index (χ0v) is 15.0. The molecule has 132 valence electrons. The highest BCUT2D eigenvalue weighted by atomic mass is 19.1. The zero-order chi connectivity index (χ0) is 17.8. The normalized spacial score (nSPS) is 14.7. The van der Waals surface area contributed by atoms with Gasteiger partial charge in [-0.25, -0.2) is 4.39 Å². The number of halogens is 1. The number of anilines is 1. The van der Waals surface area contributed by atoms with Gasteiger partial charge in [-0.05, 0) is 61.2 Å². The van der Waals surface area contributed by atoms with Crippen molar-refractivity contribution in [2.75, 3.05) is 31.1 Å². The van der Waals surface area contributed by atoms with Crippen molar-refractivity contribution in [3.05, 3.63) is 65.0 Å². The van der Waals surface area contributed by atoms with Crippen molar-refractivity contribution >= 4 is 11.6 Å². The molecule has 3 nitrogen and oxygen atoms in total. The average molecular weight is 340 g/mol. The van der Waals surface area contributed by atoms with E-state index < -0.39 is 0 Å². The molecule has 1 aliphatic heterocycles. The SMILES string of the molecule is Cc1ccc(CCC(=O)N2CCN(c3ccc(F)cc3)CC2)cc1C. The summed E-state index contributed by atoms with van der Waals surface area (Å²) in [6.07, 6.45) is 1.34. The Bertz CT molecular complexity index is 734. The van der Waals surface area contributed by atoms with Crippen molar-refractivity contribution in [1.29, 1.82) is 0 Å². The molecule has 3 rings (SSSR count). The number of hydrogen-bond donors (Lipinski definition) is 0. The molecule has 0 radical (unpaired) electrons. The Morgan fingerprint density at radius 3 is 2.28 bits per heavy atom. The van der Waals surface area contributed by atoms with Gasteiger partial charge in [0.15, 0.2) is 0 Å². The lowest BCUT2D eigenvalue weighted by Crippen LogP contribution is -2.48. The molecule has 0 bridgehead atoms. The molecule has 0 atom stereocenters. The van der Waals surface area contributed by atoms with E-state index in [1.807, 2.05) is 4.90 Å². The minimum Gasteiger partial charge on any atom is -0.368 e. The maximum Gasteiger partial charge on any atom is 0.223 e. The van der Waals surface area contributed by atoms with E-state index >= 15 is 0 Å². The van der Waals surface area contributed by atoms with Gasteiger partial charge in [0, 0.05) is 38.3 Å². The van der Waals surface area contributed by atoms with Gasteiger partial charge in [-0.15, -0.1) is 0 Å². The highest BCUT2D eigenvalue weighted by Crippen LogP contribution is 2.18. The van der Waals surface area contributed by atoms with Gasteiger partial charge in [-0.2, -0.15) is 0 Å². The number of piperazine rings is 1. The van der Waals surface area contributed by atoms with Crippen LogP contribution >= 0.6 is 0 Å². The van der Waals surface area contributed by atoms with Gasteiger partial charge in [-0.3, -0.25) is 4.79 Å². The molecule has 0 spiro atoms. The first-order valence-corrected chi connectivity index (χ1v) is 8.87. The first kappa shape index (κ1) is 17.5. The molecule has 4 heteroatoms. The van der Waals surface area contributed by atoms with Crippen LogP contribution in [0.3, 0.4) is 0 Å². The largest absolute Gasteiger partial charge is 0.368 e. The monoisotopic (exact) mass is 340 g/mol. The van der Waals surface area contributed by atoms with E-state index in [1.165, 1.54) is 28.8 Å². The second-order valence-corrected chi connectivity index (χ2v) is 6.76. The Morgan fingerprint density at radius 2 is 1.64 bits per heavy atom. The predicted molar refractivity (Wildman–Crippen MR) is 99.4 cm³/mol. The number of amides is 1. The average Bonchev–Trinajstić information content (AvgIpc) is 2.63. The fraction of sp³-hybridized carbons (Fsp3) is 0.381. The molecule has 1 aliphatic rings. The number of carbonyl (C=O) groups is 1. The molecular weight excluding hydrogens is 315 g/mol. The number of hydrogen-bond acceptors (Lipinski definition) is 2. The Morgan fingerprint density at radius 1 is 0.960 bits per heavy atom. The van der Waals surface area contributed by atoms with Gasteiger partial charge < -0.3 is 9.80 Å². The van der Waals surface area contributed by atoms with E-state index in [0.717, 1.165) is 38.3 Å². The molecule has 0 aliphatic carbocycles. The van der Waals surface area contributed by atoms with Crippen LogP contribution in [0.25, 0.3) is 0 Å². The van der Waals surface area contributed by atoms with Crippen molar-refractivity contribution in [2.24, 2.45) is 0 Å². The van der Waals surface area contributed by atoms with Crippen LogP contribution < -0.4 is 4.90 Å². The third-order valence-corrected chi connectivity index (χ3v) is 5.02. The van der Waals surface area contributed by atoms with E-state index in [2.05, 4.69) is 36.9 Å². The van der Waals surface area contributed by atoms with Gasteiger partial charge >= 0.3 is 0 Å². The van der Waals surface area contributed by atoms with E-state index in [0.29, 0.717) is 6.42 Å². The van der Waals surface area contributed by atoms with Gasteiger partial charge in [-0.1, -0.05) is 18.2 Å². The lowest BCUT2D eigenvalue weighted by Gasteiger charge is -2.36. The van der Waals surface area contributed by atoms with Gasteiger partial charge in [0.25, 0.3) is 0 Å². The first-order valence-electron chi connectivity index (χ1n) is 8.87. The van der Waals surface area contributed by atoms with Crippen LogP contribution in [0, 0.1) is 19.7 Å². The van der Waals surface area contributed by atoms with E-state index in [9.17, 15) is 9.18 Å². The predicted octanol–water partition coefficient (Wildman–Crippen LogP) is 3.72. The molecule has 1 saturated heterocycles. The molecule has 2 aromatic carbocycles. The fourth-order valence-corrected chi connectivity index (χ4v) is 3.23. The lowest BCUT2D eigenvalue weighted by atomic mass is 10.0. The minimum absolute atomic E-state index is 0.219. The van der Waals surface area contributed by atoms with Gasteiger partial charge in [0.05, 0.1) is 0 Å². The molecule has 0 aromatic heterocycles. The van der Waals surface area contributed by atoms with Crippen LogP contribution in [-0.2, 0) is 11.2 Å². The summed E-state index contributed by atoms with van der Waals surface area (Å²) in [5.41, 5.74) is 4.80. The molecule has 0 saturated carbocycles. The maximum absolute atomic E-state index is 13.0. The summed E-state index contributed by atoms with van der Waals surface area (Å²) in [6.45, 7) is 7.24. The molecule has 1 fully saturated rings. The van der Waals surface area contributed by atoms with Crippen LogP contribution in [0.4, 0.5) is 10.1 Å². The van der Waals surface area contributed by atoms with E-state index in [1.54, 1.807) is 12.1 Å². The van der Waals surface area contributed by atoms with Crippen LogP contribution in [0.5, 0.6) is 0 Å². The standard InChI is InChI=1S/C21H25FN2O/c1-16-3-4-18(15-17(16)2)5-10-21(25)24-13-11-23(12-14-24)20-8-6-19(22)7-9-20/h3-4,6-9,15H,5,10-14H2,1-2H3. The summed E-state index contributed by atoms with van der Waals surface area (Å²) in [4.78, 5) is 16.6. The molecule has 1 heterocycles. The smallest absolute Gasteiger partial charge is 0.223 e. The Kier molecular flexibility index (Phi) is 5.37. The topological polar surface area (TPSA) is 23.6 Å². The van der Waals surface area contributed by atoms with Gasteiger partial charge in [0.1, 0.15) is 5.82 Å². The Hall–Kier alpha value is -2.36. The number of benzene rings is 2. The van der Waals surface area contributed by atoms with Crippen molar-refractivity contribution < 1.29 is 9.18 Å². The summed E-state index contributed by atoms with van der Waals surface area (Å²) in [6, 6.07) is 13.0. The molecule has 25 heavy (non-hydrogen) atoms. The van der Waals surface area contributed by atoms with Crippen LogP contribution in [-0.4, -0.2) is 37.0 Å². The minimum atomic E-state index is -0.219. The van der Waals surface area contributed by atoms with E-state index in [4.69, 9.17) is 0 Å². The maximum atomic E-state index is 13.0. The summed E-state index contributed by atoms with van der Waals surface area (Å²) in [5, 5.41) is 0. The number of rotatable bonds is 4. The summed E-state index contributed by atoms with van der Waals surface area (Å²) >= 11 is 0. The lowest BCUT2D eigenvalue weighted by molar-refractivity contribution is -0.131. The van der Waals surface area contributed by atoms with E-state index in [-0.39, 0.29) is 11.7 Å². The molecule has 1 amide bonds. The highest BCUT2D eigenvalue weighted by Gasteiger charge is 2.21. The fourth-order valence-electron chi connectivity index (χ4n) is 3.23. The Labute approximate surface area is 149 Å². The Balaban J connectivity index is 1.49. The van der Waals surface area contributed by atoms with Crippen molar-refractivity contribution in [3.8, 4) is 0 Å². The summed E-state index contributed by atoms with van der Waals surface area (Å²) in [7, 11) is 0. The van der Waals surface area contributed by atoms with Crippen molar-refractivity contribution in [3.63, 3.8) is 0 Å². The van der Waals surface area contributed by atoms with Crippen molar-refractivity contribution in [2.45, 2.75) is 26.7 Å². The second-order valence-electron chi connectivity index (χ2n) is 6.76. The van der Waals surface area contributed by atoms with Crippen LogP contribution in [0.2, 0.25) is 0 Å². The number of aryl methyl sites for hydroxylation is 3. The third kappa shape index (κ3) is 4.38. The first-order chi connectivity index (χ1) is 12.0. The van der Waals surface area contributed by atoms with Crippen molar-refractivity contribution in [1.82, 2.24) is 4.90 Å². The second kappa shape index (κ2) is 7.68. The summed E-state index contributed by atoms with van der Waals surface area (Å²) < 4.78 is 13.0. The number of nitrogens with zero attached hydrogens (tertiary/aromatic N) is 2. The third-order valence-electron chi connectivity index (χ3n) is 5.02.